The van der Waals surface area contributed by atoms with Gasteiger partial charge in [-0.15, -0.1) is 0 Å². The zero-order valence-corrected chi connectivity index (χ0v) is 17.2. The molecule has 0 fully saturated rings. The van der Waals surface area contributed by atoms with Crippen LogP contribution in [0.4, 0.5) is 0 Å². The van der Waals surface area contributed by atoms with Crippen molar-refractivity contribution >= 4 is 29.5 Å². The van der Waals surface area contributed by atoms with Crippen LogP contribution in [0, 0.1) is 0 Å². The second-order valence-electron chi connectivity index (χ2n) is 7.03. The zero-order chi connectivity index (χ0) is 21.6. The number of Topliss-reactive ketones (excluding diaryl/α,β-unsaturated/α-hetero) is 1. The molecule has 1 aliphatic heterocycles. The van der Waals surface area contributed by atoms with Crippen molar-refractivity contribution in [1.82, 2.24) is 0 Å². The number of aliphatic hydroxyl groups excluding tert-OH is 1. The average Bonchev–Trinajstić information content (AvgIpc) is 2.63. The van der Waals surface area contributed by atoms with Gasteiger partial charge in [-0.25, -0.2) is 4.79 Å². The molecule has 0 unspecified atom stereocenters. The maximum absolute atomic E-state index is 12.9. The number of fused-ring (bicyclic) bond motifs is 1. The maximum Gasteiger partial charge on any atom is 0.335 e. The van der Waals surface area contributed by atoms with Gasteiger partial charge >= 0.3 is 11.9 Å². The SMILES string of the molecule is COC(=O)[C@@H](O)CS[C@H]1CCC[C@H](C)OC(=O)Cc2cc(O)cc(O)c2C(=O)C1. The second kappa shape index (κ2) is 10.5. The number of ketones is 1. The van der Waals surface area contributed by atoms with Crippen molar-refractivity contribution in [2.75, 3.05) is 12.9 Å². The Labute approximate surface area is 173 Å². The summed E-state index contributed by atoms with van der Waals surface area (Å²) in [6, 6.07) is 2.33. The molecule has 3 atom stereocenters. The monoisotopic (exact) mass is 426 g/mol. The molecule has 1 aromatic carbocycles. The van der Waals surface area contributed by atoms with Gasteiger partial charge in [0.05, 0.1) is 25.2 Å². The van der Waals surface area contributed by atoms with Gasteiger partial charge in [-0.2, -0.15) is 11.8 Å². The molecule has 0 aliphatic carbocycles. The van der Waals surface area contributed by atoms with Crippen LogP contribution in [0.15, 0.2) is 12.1 Å². The number of hydrogen-bond acceptors (Lipinski definition) is 9. The first kappa shape index (κ1) is 23.0. The fourth-order valence-electron chi connectivity index (χ4n) is 3.23. The lowest BCUT2D eigenvalue weighted by Gasteiger charge is -2.21. The molecule has 9 heteroatoms. The molecule has 8 nitrogen and oxygen atoms in total. The standard InChI is InChI=1S/C20H26O8S/c1-11-4-3-5-14(29-10-17(24)20(26)27-2)9-16(23)19-12(7-18(25)28-11)6-13(21)8-15(19)22/h6,8,11,14,17,21-22,24H,3-5,7,9-10H2,1-2H3/t11-,14-,17-/m0/s1. The van der Waals surface area contributed by atoms with Crippen molar-refractivity contribution in [3.05, 3.63) is 23.3 Å². The molecular formula is C20H26O8S. The first-order valence-electron chi connectivity index (χ1n) is 9.36. The van der Waals surface area contributed by atoms with Crippen molar-refractivity contribution in [2.24, 2.45) is 0 Å². The summed E-state index contributed by atoms with van der Waals surface area (Å²) in [5, 5.41) is 29.6. The molecule has 3 N–H and O–H groups in total. The number of benzene rings is 1. The number of carbonyl (C=O) groups is 3. The summed E-state index contributed by atoms with van der Waals surface area (Å²) in [7, 11) is 1.19. The largest absolute Gasteiger partial charge is 0.508 e. The van der Waals surface area contributed by atoms with Crippen LogP contribution in [-0.2, 0) is 25.5 Å². The van der Waals surface area contributed by atoms with Crippen molar-refractivity contribution < 1.29 is 39.2 Å². The molecule has 1 aliphatic rings. The Morgan fingerprint density at radius 2 is 2.03 bits per heavy atom. The summed E-state index contributed by atoms with van der Waals surface area (Å²) in [6.07, 6.45) is 0.0776. The summed E-state index contributed by atoms with van der Waals surface area (Å²) >= 11 is 1.28. The van der Waals surface area contributed by atoms with E-state index in [1.165, 1.54) is 24.9 Å². The molecule has 0 aromatic heterocycles. The quantitative estimate of drug-likeness (QED) is 0.618. The van der Waals surface area contributed by atoms with Gasteiger partial charge in [0.1, 0.15) is 11.5 Å². The average molecular weight is 426 g/mol. The van der Waals surface area contributed by atoms with Crippen LogP contribution < -0.4 is 0 Å². The van der Waals surface area contributed by atoms with Gasteiger partial charge in [-0.1, -0.05) is 0 Å². The summed E-state index contributed by atoms with van der Waals surface area (Å²) in [6.45, 7) is 1.78. The number of aliphatic hydroxyl groups is 1. The van der Waals surface area contributed by atoms with Crippen LogP contribution in [0.1, 0.15) is 48.5 Å². The van der Waals surface area contributed by atoms with Gasteiger partial charge in [0.25, 0.3) is 0 Å². The summed E-state index contributed by atoms with van der Waals surface area (Å²) < 4.78 is 9.86. The molecule has 0 spiro atoms. The predicted octanol–water partition coefficient (Wildman–Crippen LogP) is 1.96. The number of thioether (sulfide) groups is 1. The third-order valence-electron chi connectivity index (χ3n) is 4.64. The Hall–Kier alpha value is -2.26. The van der Waals surface area contributed by atoms with Crippen LogP contribution in [0.3, 0.4) is 0 Å². The predicted molar refractivity (Wildman–Crippen MR) is 106 cm³/mol. The van der Waals surface area contributed by atoms with Gasteiger partial charge in [0.2, 0.25) is 0 Å². The van der Waals surface area contributed by atoms with Gasteiger partial charge in [-0.3, -0.25) is 9.59 Å². The van der Waals surface area contributed by atoms with Crippen molar-refractivity contribution in [2.45, 2.75) is 56.5 Å². The first-order chi connectivity index (χ1) is 13.7. The van der Waals surface area contributed by atoms with E-state index in [4.69, 9.17) is 4.74 Å². The molecule has 0 saturated carbocycles. The lowest BCUT2D eigenvalue weighted by Crippen LogP contribution is -2.26. The van der Waals surface area contributed by atoms with Gasteiger partial charge in [0, 0.05) is 23.5 Å². The van der Waals surface area contributed by atoms with Crippen molar-refractivity contribution in [1.29, 1.82) is 0 Å². The van der Waals surface area contributed by atoms with E-state index in [1.54, 1.807) is 6.92 Å². The maximum atomic E-state index is 12.9. The van der Waals surface area contributed by atoms with Crippen molar-refractivity contribution in [3.8, 4) is 11.5 Å². The number of phenolic OH excluding ortho intramolecular Hbond substituents is 2. The summed E-state index contributed by atoms with van der Waals surface area (Å²) in [5.41, 5.74) is 0.177. The summed E-state index contributed by atoms with van der Waals surface area (Å²) in [4.78, 5) is 36.5. The Morgan fingerprint density at radius 1 is 1.31 bits per heavy atom. The van der Waals surface area contributed by atoms with E-state index in [2.05, 4.69) is 4.74 Å². The van der Waals surface area contributed by atoms with E-state index in [9.17, 15) is 29.7 Å². The molecule has 2 rings (SSSR count). The van der Waals surface area contributed by atoms with Crippen LogP contribution in [0.2, 0.25) is 0 Å². The molecule has 0 amide bonds. The molecule has 1 aromatic rings. The van der Waals surface area contributed by atoms with Crippen LogP contribution in [0.25, 0.3) is 0 Å². The molecule has 0 saturated heterocycles. The van der Waals surface area contributed by atoms with Crippen LogP contribution >= 0.6 is 11.8 Å². The molecule has 0 radical (unpaired) electrons. The minimum Gasteiger partial charge on any atom is -0.508 e. The lowest BCUT2D eigenvalue weighted by molar-refractivity contribution is -0.149. The normalized spacial score (nSPS) is 21.9. The van der Waals surface area contributed by atoms with Crippen LogP contribution in [0.5, 0.6) is 11.5 Å². The first-order valence-corrected chi connectivity index (χ1v) is 10.4. The van der Waals surface area contributed by atoms with E-state index in [-0.39, 0.29) is 52.6 Å². The van der Waals surface area contributed by atoms with E-state index in [0.29, 0.717) is 19.3 Å². The number of ether oxygens (including phenoxy) is 2. The third kappa shape index (κ3) is 6.64. The number of hydrogen-bond donors (Lipinski definition) is 3. The van der Waals surface area contributed by atoms with E-state index in [1.807, 2.05) is 0 Å². The molecule has 1 heterocycles. The number of methoxy groups -OCH3 is 1. The highest BCUT2D eigenvalue weighted by molar-refractivity contribution is 8.00. The number of esters is 2. The Morgan fingerprint density at radius 3 is 2.72 bits per heavy atom. The Bertz CT molecular complexity index is 763. The molecule has 0 bridgehead atoms. The highest BCUT2D eigenvalue weighted by Crippen LogP contribution is 2.32. The Balaban J connectivity index is 2.27. The number of cyclic esters (lactones) is 1. The topological polar surface area (TPSA) is 130 Å². The smallest absolute Gasteiger partial charge is 0.335 e. The second-order valence-corrected chi connectivity index (χ2v) is 8.36. The fraction of sp³-hybridized carbons (Fsp3) is 0.550. The zero-order valence-electron chi connectivity index (χ0n) is 16.4. The highest BCUT2D eigenvalue weighted by atomic mass is 32.2. The fourth-order valence-corrected chi connectivity index (χ4v) is 4.42. The van der Waals surface area contributed by atoms with Crippen LogP contribution in [-0.4, -0.2) is 63.4 Å². The molecule has 160 valence electrons. The third-order valence-corrected chi connectivity index (χ3v) is 6.03. The van der Waals surface area contributed by atoms with Crippen molar-refractivity contribution in [3.63, 3.8) is 0 Å². The number of phenols is 2. The lowest BCUT2D eigenvalue weighted by atomic mass is 9.95. The van der Waals surface area contributed by atoms with Gasteiger partial charge < -0.3 is 24.8 Å². The minimum atomic E-state index is -1.29. The van der Waals surface area contributed by atoms with E-state index < -0.39 is 23.8 Å². The molecular weight excluding hydrogens is 400 g/mol. The molecule has 29 heavy (non-hydrogen) atoms. The Kier molecular flexibility index (Phi) is 8.33. The summed E-state index contributed by atoms with van der Waals surface area (Å²) in [5.74, 6) is -2.25. The van der Waals surface area contributed by atoms with E-state index in [0.717, 1.165) is 6.07 Å². The highest BCUT2D eigenvalue weighted by Gasteiger charge is 2.26. The number of rotatable bonds is 4. The number of aromatic hydroxyl groups is 2. The van der Waals surface area contributed by atoms with Gasteiger partial charge in [-0.05, 0) is 37.8 Å². The van der Waals surface area contributed by atoms with E-state index >= 15 is 0 Å². The number of carbonyl (C=O) groups excluding carboxylic acids is 3. The van der Waals surface area contributed by atoms with Gasteiger partial charge in [0.15, 0.2) is 11.9 Å². The minimum absolute atomic E-state index is 0.0212.